The Bertz CT molecular complexity index is 1300. The van der Waals surface area contributed by atoms with Crippen molar-refractivity contribution in [1.82, 2.24) is 0 Å². The number of halogens is 2. The predicted octanol–water partition coefficient (Wildman–Crippen LogP) is 2.41. The zero-order valence-electron chi connectivity index (χ0n) is 22.4. The number of allylic oxidation sites excluding steroid dienone is 4. The van der Waals surface area contributed by atoms with E-state index >= 15 is 0 Å². The zero-order chi connectivity index (χ0) is 25.5. The van der Waals surface area contributed by atoms with Gasteiger partial charge in [-0.2, -0.15) is 35.4 Å². The molecule has 2 aliphatic rings. The van der Waals surface area contributed by atoms with Gasteiger partial charge in [0, 0.05) is 0 Å². The molecule has 38 heavy (non-hydrogen) atoms. The third-order valence-electron chi connectivity index (χ3n) is 6.36. The molecule has 0 N–H and O–H groups in total. The van der Waals surface area contributed by atoms with Crippen molar-refractivity contribution in [2.45, 2.75) is 40.5 Å². The number of benzene rings is 4. The monoisotopic (exact) mass is 570 g/mol. The molecule has 4 aromatic carbocycles. The Morgan fingerprint density at radius 2 is 1.24 bits per heavy atom. The van der Waals surface area contributed by atoms with Crippen LogP contribution >= 0.6 is 0 Å². The second-order valence-electron chi connectivity index (χ2n) is 9.52. The van der Waals surface area contributed by atoms with Gasteiger partial charge in [-0.3, -0.25) is 6.08 Å². The molecule has 0 saturated heterocycles. The molecule has 4 aromatic rings. The molecule has 0 aliphatic heterocycles. The Morgan fingerprint density at radius 1 is 0.684 bits per heavy atom. The molecule has 3 heteroatoms. The van der Waals surface area contributed by atoms with Crippen LogP contribution in [0.25, 0.3) is 11.1 Å². The maximum Gasteiger partial charge on any atom is -0.109 e. The molecule has 0 fully saturated rings. The van der Waals surface area contributed by atoms with Gasteiger partial charge in [-0.15, -0.1) is 12.0 Å². The van der Waals surface area contributed by atoms with Crippen LogP contribution in [0, 0.1) is 39.8 Å². The maximum atomic E-state index is 3.38. The number of aryl methyl sites for hydroxylation is 4. The van der Waals surface area contributed by atoms with Gasteiger partial charge in [0.1, 0.15) is 0 Å². The average molecular weight is 571 g/mol. The van der Waals surface area contributed by atoms with E-state index in [0.717, 1.165) is 12.8 Å². The summed E-state index contributed by atoms with van der Waals surface area (Å²) in [5.41, 5.74) is 13.4. The zero-order valence-corrected chi connectivity index (χ0v) is 25.5. The van der Waals surface area contributed by atoms with Crippen molar-refractivity contribution >= 4 is 3.81 Å². The second-order valence-corrected chi connectivity index (χ2v) is 10.3. The summed E-state index contributed by atoms with van der Waals surface area (Å²) < 4.78 is 1.33. The van der Waals surface area contributed by atoms with Crippen LogP contribution < -0.4 is 24.8 Å². The van der Waals surface area contributed by atoms with Crippen LogP contribution in [0.5, 0.6) is 0 Å². The van der Waals surface area contributed by atoms with Crippen LogP contribution in [-0.4, -0.2) is 3.81 Å². The van der Waals surface area contributed by atoms with Crippen molar-refractivity contribution in [2.75, 3.05) is 0 Å². The molecule has 6 rings (SSSR count). The molecule has 192 valence electrons. The Labute approximate surface area is 252 Å². The first-order valence-electron chi connectivity index (χ1n) is 12.5. The van der Waals surface area contributed by atoms with E-state index in [-0.39, 0.29) is 24.8 Å². The SMILES string of the molecule is Cc1c[c-]c2c(c1)-c1cc(C)ccc1C2.Cc1ccc([C](=[Ti+2])c2ccc(C)cc2)cc1.[C-]1=CC=CC1.[Cl-].[Cl-]. The van der Waals surface area contributed by atoms with E-state index in [1.807, 2.05) is 12.2 Å². The molecule has 0 spiro atoms. The first-order valence-corrected chi connectivity index (χ1v) is 13.2. The molecule has 0 heterocycles. The minimum absolute atomic E-state index is 0. The summed E-state index contributed by atoms with van der Waals surface area (Å²) in [7, 11) is 0. The maximum absolute atomic E-state index is 3.38. The molecule has 0 saturated carbocycles. The molecule has 2 aliphatic carbocycles. The van der Waals surface area contributed by atoms with Gasteiger partial charge in [0.05, 0.1) is 0 Å². The molecule has 0 bridgehead atoms. The standard InChI is InChI=1S/C15H13.C15H14.C5H5.2ClH.Ti/c1-10-3-5-12-9-13-6-4-11(2)8-15(13)14(12)7-10;1-12-3-7-14(8-4-12)11-15-9-5-13(2)6-10-15;1-2-4-5-3-1;;;/h3-5,7-8H,9H2,1-2H3;3-10H,1-2H3;1-3H,4H2;2*1H;/q-1;;-1;;;+2/p-2. The van der Waals surface area contributed by atoms with Gasteiger partial charge in [0.2, 0.25) is 0 Å². The van der Waals surface area contributed by atoms with E-state index in [0.29, 0.717) is 0 Å². The second kappa shape index (κ2) is 15.2. The quantitative estimate of drug-likeness (QED) is 0.226. The summed E-state index contributed by atoms with van der Waals surface area (Å²) in [6.07, 6.45) is 11.0. The molecule has 0 unspecified atom stereocenters. The van der Waals surface area contributed by atoms with Gasteiger partial charge >= 0.3 is 108 Å². The van der Waals surface area contributed by atoms with E-state index in [2.05, 4.69) is 145 Å². The summed E-state index contributed by atoms with van der Waals surface area (Å²) in [5, 5.41) is 0. The van der Waals surface area contributed by atoms with E-state index < -0.39 is 0 Å². The van der Waals surface area contributed by atoms with Crippen molar-refractivity contribution in [3.8, 4) is 11.1 Å². The van der Waals surface area contributed by atoms with Gasteiger partial charge in [-0.1, -0.05) is 41.8 Å². The van der Waals surface area contributed by atoms with Gasteiger partial charge in [0.25, 0.3) is 0 Å². The number of hydrogen-bond donors (Lipinski definition) is 0. The van der Waals surface area contributed by atoms with E-state index in [1.54, 1.807) is 0 Å². The molecule has 0 aromatic heterocycles. The summed E-state index contributed by atoms with van der Waals surface area (Å²) in [6.45, 7) is 8.51. The Morgan fingerprint density at radius 3 is 1.74 bits per heavy atom. The van der Waals surface area contributed by atoms with Gasteiger partial charge in [-0.25, -0.2) is 12.2 Å². The summed E-state index contributed by atoms with van der Waals surface area (Å²) in [4.78, 5) is 0. The molecule has 0 atom stereocenters. The van der Waals surface area contributed by atoms with Gasteiger partial charge in [-0.05, 0) is 13.3 Å². The van der Waals surface area contributed by atoms with Crippen molar-refractivity contribution in [3.05, 3.63) is 154 Å². The van der Waals surface area contributed by atoms with E-state index in [4.69, 9.17) is 0 Å². The average Bonchev–Trinajstić information content (AvgIpc) is 3.57. The third kappa shape index (κ3) is 8.52. The Hall–Kier alpha value is -2.48. The first kappa shape index (κ1) is 31.7. The normalized spacial score (nSPS) is 11.5. The summed E-state index contributed by atoms with van der Waals surface area (Å²) in [6, 6.07) is 31.8. The van der Waals surface area contributed by atoms with Gasteiger partial charge in [0.15, 0.2) is 0 Å². The molecule has 0 nitrogen and oxygen atoms in total. The fourth-order valence-corrected chi connectivity index (χ4v) is 4.78. The molecule has 0 amide bonds. The number of hydrogen-bond acceptors (Lipinski definition) is 0. The predicted molar refractivity (Wildman–Crippen MR) is 150 cm³/mol. The van der Waals surface area contributed by atoms with Crippen LogP contribution in [0.3, 0.4) is 0 Å². The summed E-state index contributed by atoms with van der Waals surface area (Å²) in [5.74, 6) is 0. The van der Waals surface area contributed by atoms with Crippen LogP contribution in [0.15, 0.2) is 97.1 Å². The fraction of sp³-hybridized carbons (Fsp3) is 0.171. The van der Waals surface area contributed by atoms with Crippen molar-refractivity contribution in [2.24, 2.45) is 0 Å². The fourth-order valence-electron chi connectivity index (χ4n) is 4.25. The number of fused-ring (bicyclic) bond motifs is 3. The topological polar surface area (TPSA) is 0 Å². The minimum Gasteiger partial charge on any atom is -1.00 e. The van der Waals surface area contributed by atoms with Crippen molar-refractivity contribution < 1.29 is 44.8 Å². The number of rotatable bonds is 2. The van der Waals surface area contributed by atoms with Gasteiger partial charge < -0.3 is 24.8 Å². The third-order valence-corrected chi connectivity index (χ3v) is 7.26. The first-order chi connectivity index (χ1) is 17.4. The molecule has 0 radical (unpaired) electrons. The van der Waals surface area contributed by atoms with Crippen LogP contribution in [-0.2, 0) is 26.4 Å². The van der Waals surface area contributed by atoms with E-state index in [9.17, 15) is 0 Å². The van der Waals surface area contributed by atoms with Crippen LogP contribution in [0.1, 0.15) is 50.9 Å². The van der Waals surface area contributed by atoms with Crippen LogP contribution in [0.4, 0.5) is 0 Å². The van der Waals surface area contributed by atoms with Crippen molar-refractivity contribution in [1.29, 1.82) is 0 Å². The minimum atomic E-state index is 0. The van der Waals surface area contributed by atoms with E-state index in [1.165, 1.54) is 59.4 Å². The Balaban J connectivity index is 0.000000216. The molecular formula is C35H32Cl2Ti-2. The van der Waals surface area contributed by atoms with Crippen LogP contribution in [0.2, 0.25) is 0 Å². The summed E-state index contributed by atoms with van der Waals surface area (Å²) >= 11 is 2.18. The molecular weight excluding hydrogens is 539 g/mol. The Kier molecular flexibility index (Phi) is 12.7. The largest absolute Gasteiger partial charge is 1.00 e. The smallest absolute Gasteiger partial charge is 0.109 e. The van der Waals surface area contributed by atoms with Crippen molar-refractivity contribution in [3.63, 3.8) is 0 Å².